The van der Waals surface area contributed by atoms with E-state index < -0.39 is 11.7 Å². The smallest absolute Gasteiger partial charge is 0.416 e. The predicted molar refractivity (Wildman–Crippen MR) is 103 cm³/mol. The largest absolute Gasteiger partial charge is 0.416 e. The van der Waals surface area contributed by atoms with Gasteiger partial charge in [0.25, 0.3) is 5.22 Å². The molecule has 0 aliphatic rings. The Balaban J connectivity index is 1.44. The molecule has 0 N–H and O–H groups in total. The van der Waals surface area contributed by atoms with Crippen LogP contribution in [0.5, 0.6) is 0 Å². The van der Waals surface area contributed by atoms with Gasteiger partial charge in [-0.2, -0.15) is 18.2 Å². The number of halogens is 3. The molecule has 30 heavy (non-hydrogen) atoms. The number of thioether (sulfide) groups is 1. The van der Waals surface area contributed by atoms with Crippen molar-refractivity contribution in [1.82, 2.24) is 20.3 Å². The lowest BCUT2D eigenvalue weighted by Gasteiger charge is -2.06. The van der Waals surface area contributed by atoms with Crippen LogP contribution < -0.4 is 0 Å². The molecule has 1 atom stereocenters. The zero-order valence-corrected chi connectivity index (χ0v) is 16.4. The summed E-state index contributed by atoms with van der Waals surface area (Å²) in [4.78, 5) is 4.22. The highest BCUT2D eigenvalue weighted by Crippen LogP contribution is 2.35. The second kappa shape index (κ2) is 8.31. The SMILES string of the molecule is C[C@H](Sc1nnc(Cc2ccccc2)o1)c1nc(-c2cccc(C(F)(F)F)c2)no1. The Morgan fingerprint density at radius 1 is 1.03 bits per heavy atom. The molecule has 0 bridgehead atoms. The summed E-state index contributed by atoms with van der Waals surface area (Å²) in [7, 11) is 0. The van der Waals surface area contributed by atoms with Crippen molar-refractivity contribution in [2.75, 3.05) is 0 Å². The number of rotatable bonds is 6. The number of nitrogens with zero attached hydrogens (tertiary/aromatic N) is 4. The average molecular weight is 432 g/mol. The topological polar surface area (TPSA) is 77.8 Å². The highest BCUT2D eigenvalue weighted by Gasteiger charge is 2.31. The van der Waals surface area contributed by atoms with Crippen LogP contribution in [-0.4, -0.2) is 20.3 Å². The van der Waals surface area contributed by atoms with E-state index in [4.69, 9.17) is 8.94 Å². The lowest BCUT2D eigenvalue weighted by molar-refractivity contribution is -0.137. The minimum atomic E-state index is -4.44. The molecule has 0 aliphatic heterocycles. The third-order valence-corrected chi connectivity index (χ3v) is 5.08. The second-order valence-corrected chi connectivity index (χ2v) is 7.71. The molecule has 2 aromatic carbocycles. The van der Waals surface area contributed by atoms with Crippen molar-refractivity contribution in [3.63, 3.8) is 0 Å². The third-order valence-electron chi connectivity index (χ3n) is 4.16. The van der Waals surface area contributed by atoms with E-state index in [1.54, 1.807) is 6.92 Å². The molecule has 4 rings (SSSR count). The summed E-state index contributed by atoms with van der Waals surface area (Å²) in [5.41, 5.74) is 0.499. The van der Waals surface area contributed by atoms with Crippen LogP contribution in [-0.2, 0) is 12.6 Å². The van der Waals surface area contributed by atoms with E-state index in [9.17, 15) is 13.2 Å². The zero-order valence-electron chi connectivity index (χ0n) is 15.6. The van der Waals surface area contributed by atoms with Gasteiger partial charge in [0.1, 0.15) is 0 Å². The molecule has 0 aliphatic carbocycles. The first-order valence-electron chi connectivity index (χ1n) is 8.92. The van der Waals surface area contributed by atoms with Gasteiger partial charge >= 0.3 is 6.18 Å². The summed E-state index contributed by atoms with van der Waals surface area (Å²) >= 11 is 1.23. The van der Waals surface area contributed by atoms with Gasteiger partial charge in [-0.05, 0) is 24.6 Å². The molecular formula is C20H15F3N4O2S. The minimum Gasteiger partial charge on any atom is -0.416 e. The first kappa shape index (κ1) is 20.1. The van der Waals surface area contributed by atoms with Gasteiger partial charge in [-0.1, -0.05) is 59.4 Å². The molecule has 2 heterocycles. The van der Waals surface area contributed by atoms with E-state index in [0.717, 1.165) is 17.7 Å². The van der Waals surface area contributed by atoms with Gasteiger partial charge in [0.15, 0.2) is 0 Å². The molecule has 0 radical (unpaired) electrons. The van der Waals surface area contributed by atoms with Crippen molar-refractivity contribution >= 4 is 11.8 Å². The Bertz CT molecular complexity index is 1130. The van der Waals surface area contributed by atoms with Gasteiger partial charge in [-0.15, -0.1) is 10.2 Å². The summed E-state index contributed by atoms with van der Waals surface area (Å²) in [6, 6.07) is 14.5. The maximum Gasteiger partial charge on any atom is 0.416 e. The van der Waals surface area contributed by atoms with Crippen LogP contribution in [0.25, 0.3) is 11.4 Å². The molecule has 0 saturated carbocycles. The van der Waals surface area contributed by atoms with E-state index in [-0.39, 0.29) is 22.5 Å². The van der Waals surface area contributed by atoms with Crippen molar-refractivity contribution < 1.29 is 22.1 Å². The monoisotopic (exact) mass is 432 g/mol. The second-order valence-electron chi connectivity index (χ2n) is 6.42. The molecule has 6 nitrogen and oxygen atoms in total. The summed E-state index contributed by atoms with van der Waals surface area (Å²) in [5.74, 6) is 0.806. The lowest BCUT2D eigenvalue weighted by Crippen LogP contribution is -2.04. The summed E-state index contributed by atoms with van der Waals surface area (Å²) < 4.78 is 49.6. The van der Waals surface area contributed by atoms with Crippen LogP contribution in [0.3, 0.4) is 0 Å². The van der Waals surface area contributed by atoms with E-state index in [1.807, 2.05) is 30.3 Å². The van der Waals surface area contributed by atoms with Gasteiger partial charge < -0.3 is 8.94 Å². The molecule has 0 spiro atoms. The predicted octanol–water partition coefficient (Wildman–Crippen LogP) is 5.58. The minimum absolute atomic E-state index is 0.0823. The maximum absolute atomic E-state index is 12.9. The number of aromatic nitrogens is 4. The number of benzene rings is 2. The number of hydrogen-bond donors (Lipinski definition) is 0. The van der Waals surface area contributed by atoms with Crippen molar-refractivity contribution in [1.29, 1.82) is 0 Å². The van der Waals surface area contributed by atoms with Crippen molar-refractivity contribution in [3.8, 4) is 11.4 Å². The molecule has 0 unspecified atom stereocenters. The first-order valence-corrected chi connectivity index (χ1v) is 9.80. The molecule has 0 saturated heterocycles. The molecular weight excluding hydrogens is 417 g/mol. The average Bonchev–Trinajstić information content (AvgIpc) is 3.38. The summed E-state index contributed by atoms with van der Waals surface area (Å²) in [5, 5.41) is 11.9. The molecule has 0 amide bonds. The van der Waals surface area contributed by atoms with Crippen LogP contribution in [0.1, 0.15) is 35.1 Å². The molecule has 2 aromatic heterocycles. The summed E-state index contributed by atoms with van der Waals surface area (Å²) in [6.07, 6.45) is -3.93. The van der Waals surface area contributed by atoms with E-state index in [1.165, 1.54) is 23.9 Å². The van der Waals surface area contributed by atoms with Gasteiger partial charge in [0.05, 0.1) is 17.2 Å². The highest BCUT2D eigenvalue weighted by molar-refractivity contribution is 7.99. The number of alkyl halides is 3. The van der Waals surface area contributed by atoms with Crippen molar-refractivity contribution in [2.24, 2.45) is 0 Å². The lowest BCUT2D eigenvalue weighted by atomic mass is 10.1. The first-order chi connectivity index (χ1) is 14.4. The Labute approximate surface area is 173 Å². The quantitative estimate of drug-likeness (QED) is 0.368. The van der Waals surface area contributed by atoms with E-state index in [2.05, 4.69) is 20.3 Å². The molecule has 0 fully saturated rings. The van der Waals surface area contributed by atoms with E-state index >= 15 is 0 Å². The third kappa shape index (κ3) is 4.70. The van der Waals surface area contributed by atoms with Crippen LogP contribution in [0.2, 0.25) is 0 Å². The van der Waals surface area contributed by atoms with Crippen molar-refractivity contribution in [3.05, 3.63) is 77.5 Å². The van der Waals surface area contributed by atoms with Crippen LogP contribution in [0, 0.1) is 0 Å². The Morgan fingerprint density at radius 2 is 1.83 bits per heavy atom. The van der Waals surface area contributed by atoms with Crippen LogP contribution in [0.4, 0.5) is 13.2 Å². The Morgan fingerprint density at radius 3 is 2.60 bits per heavy atom. The molecule has 10 heteroatoms. The zero-order chi connectivity index (χ0) is 21.1. The van der Waals surface area contributed by atoms with Crippen LogP contribution >= 0.6 is 11.8 Å². The highest BCUT2D eigenvalue weighted by atomic mass is 32.2. The van der Waals surface area contributed by atoms with Gasteiger partial charge in [-0.3, -0.25) is 0 Å². The fraction of sp³-hybridized carbons (Fsp3) is 0.200. The van der Waals surface area contributed by atoms with Gasteiger partial charge in [-0.25, -0.2) is 0 Å². The fourth-order valence-electron chi connectivity index (χ4n) is 2.68. The van der Waals surface area contributed by atoms with Crippen molar-refractivity contribution in [2.45, 2.75) is 30.0 Å². The fourth-order valence-corrected chi connectivity index (χ4v) is 3.41. The molecule has 4 aromatic rings. The maximum atomic E-state index is 12.9. The molecule has 154 valence electrons. The van der Waals surface area contributed by atoms with E-state index in [0.29, 0.717) is 17.5 Å². The normalized spacial score (nSPS) is 12.8. The van der Waals surface area contributed by atoms with Gasteiger partial charge in [0, 0.05) is 5.56 Å². The Hall–Kier alpha value is -3.14. The summed E-state index contributed by atoms with van der Waals surface area (Å²) in [6.45, 7) is 1.80. The van der Waals surface area contributed by atoms with Gasteiger partial charge in [0.2, 0.25) is 17.6 Å². The van der Waals surface area contributed by atoms with Crippen LogP contribution in [0.15, 0.2) is 68.8 Å². The number of hydrogen-bond acceptors (Lipinski definition) is 7. The standard InChI is InChI=1S/C20H15F3N4O2S/c1-12(30-19-26-25-16(28-19)10-13-6-3-2-4-7-13)18-24-17(27-29-18)14-8-5-9-15(11-14)20(21,22)23/h2-9,11-12H,10H2,1H3/t12-/m0/s1. The Kier molecular flexibility index (Phi) is 5.58.